The zero-order chi connectivity index (χ0) is 13.7. The van der Waals surface area contributed by atoms with Crippen molar-refractivity contribution in [3.8, 4) is 5.75 Å². The molecular formula is C15H23NO3. The molecule has 1 aliphatic heterocycles. The number of aliphatic hydroxyl groups is 1. The van der Waals surface area contributed by atoms with Crippen LogP contribution in [-0.2, 0) is 11.3 Å². The van der Waals surface area contributed by atoms with Crippen molar-refractivity contribution >= 4 is 0 Å². The second-order valence-electron chi connectivity index (χ2n) is 5.49. The number of nitrogens with zero attached hydrogens (tertiary/aromatic N) is 1. The first kappa shape index (κ1) is 14.3. The van der Waals surface area contributed by atoms with Gasteiger partial charge in [-0.2, -0.15) is 0 Å². The molecule has 0 atom stereocenters. The molecule has 0 radical (unpaired) electrons. The number of para-hydroxylation sites is 1. The van der Waals surface area contributed by atoms with E-state index in [0.717, 1.165) is 25.1 Å². The Morgan fingerprint density at radius 3 is 2.58 bits per heavy atom. The van der Waals surface area contributed by atoms with Crippen molar-refractivity contribution in [1.82, 2.24) is 4.90 Å². The molecule has 0 unspecified atom stereocenters. The summed E-state index contributed by atoms with van der Waals surface area (Å²) in [7, 11) is 0. The molecule has 1 fully saturated rings. The van der Waals surface area contributed by atoms with Crippen molar-refractivity contribution in [2.75, 3.05) is 32.9 Å². The van der Waals surface area contributed by atoms with E-state index in [-0.39, 0.29) is 12.0 Å². The first-order valence-electron chi connectivity index (χ1n) is 6.87. The smallest absolute Gasteiger partial charge is 0.120 e. The van der Waals surface area contributed by atoms with Gasteiger partial charge in [0.25, 0.3) is 0 Å². The highest BCUT2D eigenvalue weighted by molar-refractivity contribution is 5.31. The Morgan fingerprint density at radius 1 is 1.32 bits per heavy atom. The first-order valence-corrected chi connectivity index (χ1v) is 6.87. The van der Waals surface area contributed by atoms with Crippen LogP contribution in [-0.4, -0.2) is 48.0 Å². The van der Waals surface area contributed by atoms with E-state index in [1.807, 2.05) is 18.2 Å². The van der Waals surface area contributed by atoms with Crippen molar-refractivity contribution < 1.29 is 14.9 Å². The Hall–Kier alpha value is -1.10. The monoisotopic (exact) mass is 265 g/mol. The molecule has 1 aromatic rings. The summed E-state index contributed by atoms with van der Waals surface area (Å²) in [6, 6.07) is 7.43. The fraction of sp³-hybridized carbons (Fsp3) is 0.600. The number of aliphatic hydroxyl groups excluding tert-OH is 1. The van der Waals surface area contributed by atoms with Crippen LogP contribution in [0.3, 0.4) is 0 Å². The lowest BCUT2D eigenvalue weighted by molar-refractivity contribution is -0.149. The second-order valence-corrected chi connectivity index (χ2v) is 5.49. The van der Waals surface area contributed by atoms with Gasteiger partial charge in [-0.1, -0.05) is 25.1 Å². The van der Waals surface area contributed by atoms with Crippen LogP contribution in [0.15, 0.2) is 24.3 Å². The molecule has 2 rings (SSSR count). The predicted octanol–water partition coefficient (Wildman–Crippen LogP) is 1.61. The summed E-state index contributed by atoms with van der Waals surface area (Å²) in [4.78, 5) is 2.29. The second kappa shape index (κ2) is 6.37. The zero-order valence-electron chi connectivity index (χ0n) is 11.5. The molecule has 0 amide bonds. The van der Waals surface area contributed by atoms with Crippen molar-refractivity contribution in [2.45, 2.75) is 19.9 Å². The lowest BCUT2D eigenvalue weighted by Crippen LogP contribution is -2.53. The van der Waals surface area contributed by atoms with Crippen LogP contribution in [0.2, 0.25) is 0 Å². The number of phenols is 1. The van der Waals surface area contributed by atoms with E-state index in [1.54, 1.807) is 6.07 Å². The molecule has 2 N–H and O–H groups in total. The average molecular weight is 265 g/mol. The third-order valence-electron chi connectivity index (χ3n) is 3.64. The van der Waals surface area contributed by atoms with E-state index < -0.39 is 0 Å². The number of ether oxygens (including phenoxy) is 1. The number of phenolic OH excluding ortho intramolecular Hbond substituents is 1. The third kappa shape index (κ3) is 3.47. The highest BCUT2D eigenvalue weighted by Crippen LogP contribution is 2.29. The molecule has 106 valence electrons. The summed E-state index contributed by atoms with van der Waals surface area (Å²) in [5.74, 6) is 0.339. The summed E-state index contributed by atoms with van der Waals surface area (Å²) in [6.07, 6.45) is 1.05. The minimum atomic E-state index is -0.112. The molecule has 1 aromatic carbocycles. The van der Waals surface area contributed by atoms with Crippen molar-refractivity contribution in [2.24, 2.45) is 5.41 Å². The largest absolute Gasteiger partial charge is 0.508 e. The highest BCUT2D eigenvalue weighted by Gasteiger charge is 2.39. The Kier molecular flexibility index (Phi) is 4.80. The Balaban J connectivity index is 2.02. The van der Waals surface area contributed by atoms with Gasteiger partial charge in [0.2, 0.25) is 0 Å². The summed E-state index contributed by atoms with van der Waals surface area (Å²) in [5.41, 5.74) is 0.823. The van der Waals surface area contributed by atoms with Crippen LogP contribution < -0.4 is 0 Å². The van der Waals surface area contributed by atoms with Gasteiger partial charge in [0.15, 0.2) is 0 Å². The Bertz CT molecular complexity index is 399. The maximum absolute atomic E-state index is 9.85. The van der Waals surface area contributed by atoms with Gasteiger partial charge >= 0.3 is 0 Å². The van der Waals surface area contributed by atoms with Crippen molar-refractivity contribution in [3.63, 3.8) is 0 Å². The fourth-order valence-corrected chi connectivity index (χ4v) is 2.51. The van der Waals surface area contributed by atoms with E-state index in [9.17, 15) is 10.2 Å². The molecule has 4 nitrogen and oxygen atoms in total. The van der Waals surface area contributed by atoms with Gasteiger partial charge in [-0.25, -0.2) is 0 Å². The minimum Gasteiger partial charge on any atom is -0.508 e. The van der Waals surface area contributed by atoms with E-state index in [1.165, 1.54) is 0 Å². The van der Waals surface area contributed by atoms with Crippen LogP contribution >= 0.6 is 0 Å². The molecule has 0 spiro atoms. The minimum absolute atomic E-state index is 0.112. The number of rotatable bonds is 7. The normalized spacial score (nSPS) is 17.4. The molecule has 0 aromatic heterocycles. The summed E-state index contributed by atoms with van der Waals surface area (Å²) in [6.45, 7) is 6.04. The van der Waals surface area contributed by atoms with Gasteiger partial charge in [-0.15, -0.1) is 0 Å². The zero-order valence-corrected chi connectivity index (χ0v) is 11.5. The Morgan fingerprint density at radius 2 is 2.05 bits per heavy atom. The van der Waals surface area contributed by atoms with Crippen molar-refractivity contribution in [1.29, 1.82) is 0 Å². The maximum Gasteiger partial charge on any atom is 0.120 e. The number of hydrogen-bond donors (Lipinski definition) is 2. The van der Waals surface area contributed by atoms with Crippen LogP contribution in [0.4, 0.5) is 0 Å². The molecule has 1 heterocycles. The van der Waals surface area contributed by atoms with Gasteiger partial charge in [-0.05, 0) is 19.0 Å². The highest BCUT2D eigenvalue weighted by atomic mass is 16.5. The fourth-order valence-electron chi connectivity index (χ4n) is 2.51. The molecule has 19 heavy (non-hydrogen) atoms. The molecular weight excluding hydrogens is 242 g/mol. The quantitative estimate of drug-likeness (QED) is 0.786. The first-order chi connectivity index (χ1) is 9.19. The third-order valence-corrected chi connectivity index (χ3v) is 3.64. The predicted molar refractivity (Wildman–Crippen MR) is 74.0 cm³/mol. The number of hydrogen-bond acceptors (Lipinski definition) is 4. The van der Waals surface area contributed by atoms with Crippen LogP contribution in [0, 0.1) is 5.41 Å². The van der Waals surface area contributed by atoms with E-state index in [2.05, 4.69) is 11.8 Å². The molecule has 0 saturated carbocycles. The van der Waals surface area contributed by atoms with Gasteiger partial charge in [0.1, 0.15) is 5.75 Å². The number of aromatic hydroxyl groups is 1. The molecule has 4 heteroatoms. The average Bonchev–Trinajstić information content (AvgIpc) is 2.36. The van der Waals surface area contributed by atoms with Crippen LogP contribution in [0.1, 0.15) is 18.9 Å². The summed E-state index contributed by atoms with van der Waals surface area (Å²) in [5, 5.41) is 19.4. The summed E-state index contributed by atoms with van der Waals surface area (Å²) < 4.78 is 5.25. The molecule has 1 saturated heterocycles. The van der Waals surface area contributed by atoms with Crippen LogP contribution in [0.25, 0.3) is 0 Å². The lowest BCUT2D eigenvalue weighted by atomic mass is 9.86. The topological polar surface area (TPSA) is 52.9 Å². The standard InChI is InChI=1S/C15H23NO3/c1-2-7-16(9-15(10-17)11-19-12-15)8-13-5-3-4-6-14(13)18/h3-6,17-18H,2,7-12H2,1H3. The Labute approximate surface area is 114 Å². The van der Waals surface area contributed by atoms with Gasteiger partial charge < -0.3 is 14.9 Å². The van der Waals surface area contributed by atoms with Gasteiger partial charge in [0.05, 0.1) is 25.2 Å². The van der Waals surface area contributed by atoms with Crippen LogP contribution in [0.5, 0.6) is 5.75 Å². The molecule has 1 aliphatic rings. The van der Waals surface area contributed by atoms with Crippen molar-refractivity contribution in [3.05, 3.63) is 29.8 Å². The molecule has 0 bridgehead atoms. The summed E-state index contributed by atoms with van der Waals surface area (Å²) >= 11 is 0. The van der Waals surface area contributed by atoms with Gasteiger partial charge in [0, 0.05) is 18.7 Å². The SMILES string of the molecule is CCCN(Cc1ccccc1O)CC1(CO)COC1. The van der Waals surface area contributed by atoms with E-state index >= 15 is 0 Å². The molecule has 0 aliphatic carbocycles. The maximum atomic E-state index is 9.85. The lowest BCUT2D eigenvalue weighted by Gasteiger charge is -2.43. The van der Waals surface area contributed by atoms with E-state index in [4.69, 9.17) is 4.74 Å². The van der Waals surface area contributed by atoms with Gasteiger partial charge in [-0.3, -0.25) is 4.90 Å². The van der Waals surface area contributed by atoms with E-state index in [0.29, 0.717) is 25.5 Å². The number of benzene rings is 1.